The lowest BCUT2D eigenvalue weighted by atomic mass is 10.2. The van der Waals surface area contributed by atoms with Crippen LogP contribution in [-0.4, -0.2) is 9.97 Å². The number of benzene rings is 1. The van der Waals surface area contributed by atoms with Crippen molar-refractivity contribution in [3.8, 4) is 0 Å². The number of nitrogens with two attached hydrogens (primary N) is 1. The molecule has 100 valence electrons. The Morgan fingerprint density at radius 3 is 2.68 bits per heavy atom. The topological polar surface area (TPSA) is 51.8 Å². The van der Waals surface area contributed by atoms with Gasteiger partial charge in [-0.1, -0.05) is 36.8 Å². The highest BCUT2D eigenvalue weighted by Crippen LogP contribution is 2.26. The van der Waals surface area contributed by atoms with E-state index in [1.54, 1.807) is 11.8 Å². The van der Waals surface area contributed by atoms with Crippen molar-refractivity contribution in [1.29, 1.82) is 0 Å². The van der Waals surface area contributed by atoms with Gasteiger partial charge in [0.2, 0.25) is 0 Å². The minimum absolute atomic E-state index is 0.596. The second-order valence-electron chi connectivity index (χ2n) is 4.59. The zero-order chi connectivity index (χ0) is 13.8. The number of rotatable bonds is 4. The average molecular weight is 273 g/mol. The second-order valence-corrected chi connectivity index (χ2v) is 5.55. The molecule has 0 unspecified atom stereocenters. The molecule has 3 nitrogen and oxygen atoms in total. The highest BCUT2D eigenvalue weighted by Gasteiger charge is 2.08. The van der Waals surface area contributed by atoms with Crippen LogP contribution in [0.15, 0.2) is 29.3 Å². The molecule has 19 heavy (non-hydrogen) atoms. The first-order valence-corrected chi connectivity index (χ1v) is 7.40. The zero-order valence-corrected chi connectivity index (χ0v) is 12.4. The Morgan fingerprint density at radius 1 is 1.21 bits per heavy atom. The maximum absolute atomic E-state index is 5.93. The van der Waals surface area contributed by atoms with Crippen molar-refractivity contribution in [3.05, 3.63) is 46.8 Å². The first-order valence-electron chi connectivity index (χ1n) is 6.41. The van der Waals surface area contributed by atoms with Gasteiger partial charge in [0.05, 0.1) is 0 Å². The molecule has 2 rings (SSSR count). The van der Waals surface area contributed by atoms with Crippen molar-refractivity contribution in [1.82, 2.24) is 9.97 Å². The van der Waals surface area contributed by atoms with Crippen molar-refractivity contribution in [2.75, 3.05) is 5.73 Å². The summed E-state index contributed by atoms with van der Waals surface area (Å²) in [7, 11) is 0. The number of aromatic nitrogens is 2. The molecule has 4 heteroatoms. The Kier molecular flexibility index (Phi) is 4.43. The molecule has 1 aromatic heterocycles. The van der Waals surface area contributed by atoms with Crippen molar-refractivity contribution in [3.63, 3.8) is 0 Å². The fourth-order valence-electron chi connectivity index (χ4n) is 1.81. The van der Waals surface area contributed by atoms with E-state index in [-0.39, 0.29) is 0 Å². The molecule has 0 saturated heterocycles. The number of aryl methyl sites for hydroxylation is 2. The molecule has 1 heterocycles. The molecule has 0 saturated carbocycles. The third kappa shape index (κ3) is 3.47. The predicted octanol–water partition coefficient (Wildman–Crippen LogP) is 3.53. The highest BCUT2D eigenvalue weighted by molar-refractivity contribution is 7.98. The van der Waals surface area contributed by atoms with Gasteiger partial charge in [-0.05, 0) is 19.4 Å². The summed E-state index contributed by atoms with van der Waals surface area (Å²) >= 11 is 1.72. The normalized spacial score (nSPS) is 10.7. The van der Waals surface area contributed by atoms with Gasteiger partial charge in [-0.15, -0.1) is 11.8 Å². The van der Waals surface area contributed by atoms with E-state index < -0.39 is 0 Å². The Labute approximate surface area is 118 Å². The number of thioether (sulfide) groups is 1. The lowest BCUT2D eigenvalue weighted by Gasteiger charge is -2.09. The van der Waals surface area contributed by atoms with E-state index in [1.165, 1.54) is 11.1 Å². The summed E-state index contributed by atoms with van der Waals surface area (Å²) in [6.07, 6.45) is 0.808. The van der Waals surface area contributed by atoms with E-state index >= 15 is 0 Å². The third-order valence-corrected chi connectivity index (χ3v) is 4.11. The summed E-state index contributed by atoms with van der Waals surface area (Å²) in [4.78, 5) is 8.84. The van der Waals surface area contributed by atoms with Gasteiger partial charge in [0.15, 0.2) is 0 Å². The number of nitrogen functional groups attached to an aromatic ring is 1. The molecular weight excluding hydrogens is 254 g/mol. The lowest BCUT2D eigenvalue weighted by molar-refractivity contribution is 0.878. The number of hydrogen-bond acceptors (Lipinski definition) is 4. The van der Waals surface area contributed by atoms with E-state index in [2.05, 4.69) is 41.2 Å². The maximum Gasteiger partial charge on any atom is 0.131 e. The second kappa shape index (κ2) is 6.06. The Hall–Kier alpha value is -1.55. The van der Waals surface area contributed by atoms with Crippen LogP contribution in [0.2, 0.25) is 0 Å². The molecule has 0 amide bonds. The van der Waals surface area contributed by atoms with Gasteiger partial charge < -0.3 is 5.73 Å². The largest absolute Gasteiger partial charge is 0.383 e. The van der Waals surface area contributed by atoms with Gasteiger partial charge in [0.1, 0.15) is 16.7 Å². The van der Waals surface area contributed by atoms with Gasteiger partial charge in [-0.3, -0.25) is 0 Å². The fourth-order valence-corrected chi connectivity index (χ4v) is 2.78. The van der Waals surface area contributed by atoms with Crippen molar-refractivity contribution in [2.24, 2.45) is 0 Å². The minimum atomic E-state index is 0.596. The van der Waals surface area contributed by atoms with Crippen LogP contribution in [0.4, 0.5) is 5.82 Å². The van der Waals surface area contributed by atoms with Crippen LogP contribution in [0.1, 0.15) is 29.4 Å². The Balaban J connectivity index is 2.17. The Morgan fingerprint density at radius 2 is 2.00 bits per heavy atom. The van der Waals surface area contributed by atoms with Gasteiger partial charge in [-0.2, -0.15) is 0 Å². The molecule has 2 N–H and O–H groups in total. The van der Waals surface area contributed by atoms with E-state index in [4.69, 9.17) is 5.73 Å². The zero-order valence-electron chi connectivity index (χ0n) is 11.6. The standard InChI is InChI=1S/C15H19N3S/c1-4-13-17-14(16)11(3)15(18-13)19-9-12-7-5-6-10(2)8-12/h5-8H,4,9H2,1-3H3,(H2,16,17,18). The summed E-state index contributed by atoms with van der Waals surface area (Å²) < 4.78 is 0. The molecule has 0 aliphatic rings. The van der Waals surface area contributed by atoms with Crippen LogP contribution in [0.25, 0.3) is 0 Å². The molecule has 0 radical (unpaired) electrons. The van der Waals surface area contributed by atoms with Gasteiger partial charge >= 0.3 is 0 Å². The number of nitrogens with zero attached hydrogens (tertiary/aromatic N) is 2. The lowest BCUT2D eigenvalue weighted by Crippen LogP contribution is -2.03. The van der Waals surface area contributed by atoms with Crippen LogP contribution in [-0.2, 0) is 12.2 Å². The summed E-state index contributed by atoms with van der Waals surface area (Å²) in [5.41, 5.74) is 9.50. The smallest absolute Gasteiger partial charge is 0.131 e. The average Bonchev–Trinajstić information content (AvgIpc) is 2.40. The molecule has 0 spiro atoms. The molecule has 1 aromatic carbocycles. The van der Waals surface area contributed by atoms with Crippen LogP contribution < -0.4 is 5.73 Å². The van der Waals surface area contributed by atoms with Crippen molar-refractivity contribution < 1.29 is 0 Å². The van der Waals surface area contributed by atoms with Crippen LogP contribution in [0, 0.1) is 13.8 Å². The van der Waals surface area contributed by atoms with Gasteiger partial charge in [0, 0.05) is 17.7 Å². The molecule has 0 aliphatic heterocycles. The fraction of sp³-hybridized carbons (Fsp3) is 0.333. The predicted molar refractivity (Wildman–Crippen MR) is 81.3 cm³/mol. The minimum Gasteiger partial charge on any atom is -0.383 e. The maximum atomic E-state index is 5.93. The van der Waals surface area contributed by atoms with Gasteiger partial charge in [0.25, 0.3) is 0 Å². The van der Waals surface area contributed by atoms with Crippen LogP contribution in [0.3, 0.4) is 0 Å². The van der Waals surface area contributed by atoms with Crippen molar-refractivity contribution in [2.45, 2.75) is 38.0 Å². The molecular formula is C15H19N3S. The molecule has 0 atom stereocenters. The molecule has 0 aliphatic carbocycles. The quantitative estimate of drug-likeness (QED) is 0.684. The summed E-state index contributed by atoms with van der Waals surface area (Å²) in [5, 5.41) is 0.992. The SMILES string of the molecule is CCc1nc(N)c(C)c(SCc2cccc(C)c2)n1. The van der Waals surface area contributed by atoms with Gasteiger partial charge in [-0.25, -0.2) is 9.97 Å². The Bertz CT molecular complexity index is 582. The third-order valence-electron chi connectivity index (χ3n) is 2.96. The summed E-state index contributed by atoms with van der Waals surface area (Å²) in [6, 6.07) is 8.54. The highest BCUT2D eigenvalue weighted by atomic mass is 32.2. The van der Waals surface area contributed by atoms with E-state index in [1.807, 2.05) is 13.8 Å². The molecule has 0 fully saturated rings. The van der Waals surface area contributed by atoms with E-state index in [0.717, 1.165) is 28.6 Å². The van der Waals surface area contributed by atoms with Crippen LogP contribution >= 0.6 is 11.8 Å². The molecule has 2 aromatic rings. The summed E-state index contributed by atoms with van der Waals surface area (Å²) in [6.45, 7) is 6.13. The van der Waals surface area contributed by atoms with Crippen molar-refractivity contribution >= 4 is 17.6 Å². The van der Waals surface area contributed by atoms with E-state index in [9.17, 15) is 0 Å². The number of anilines is 1. The first-order chi connectivity index (χ1) is 9.10. The molecule has 0 bridgehead atoms. The van der Waals surface area contributed by atoms with E-state index in [0.29, 0.717) is 5.82 Å². The number of hydrogen-bond donors (Lipinski definition) is 1. The monoisotopic (exact) mass is 273 g/mol. The first kappa shape index (κ1) is 13.9. The summed E-state index contributed by atoms with van der Waals surface area (Å²) in [5.74, 6) is 2.32. The van der Waals surface area contributed by atoms with Crippen LogP contribution in [0.5, 0.6) is 0 Å².